The molecule has 0 saturated carbocycles. The van der Waals surface area contributed by atoms with Crippen LogP contribution in [0.4, 0.5) is 0 Å². The molecule has 216 valence electrons. The van der Waals surface area contributed by atoms with Gasteiger partial charge in [0.2, 0.25) is 5.82 Å². The third-order valence-corrected chi connectivity index (χ3v) is 6.50. The Labute approximate surface area is 246 Å². The van der Waals surface area contributed by atoms with Crippen LogP contribution in [-0.4, -0.2) is 47.8 Å². The molecule has 13 heteroatoms. The molecule has 0 saturated heterocycles. The maximum absolute atomic E-state index is 13.3. The lowest BCUT2D eigenvalue weighted by Crippen LogP contribution is -2.15. The number of carbonyl (C=O) groups excluding carboxylic acids is 1. The van der Waals surface area contributed by atoms with E-state index in [1.54, 1.807) is 4.57 Å². The molecule has 0 amide bonds. The number of unbranched alkanes of at least 4 members (excludes halogenated alkanes) is 1. The van der Waals surface area contributed by atoms with Gasteiger partial charge in [0.05, 0.1) is 0 Å². The molecule has 1 N–H and O–H groups in total. The number of H-pyrrole nitrogens is 1. The van der Waals surface area contributed by atoms with E-state index in [0.717, 1.165) is 35.1 Å². The van der Waals surface area contributed by atoms with E-state index in [-0.39, 0.29) is 23.2 Å². The third kappa shape index (κ3) is 7.34. The number of carbonyl (C=O) groups is 1. The minimum absolute atomic E-state index is 0.00849. The molecular formula is C29H28ClN7O5. The number of benzene rings is 2. The standard InChI is InChI=1S/C29H28ClN7O5/c1-4-6-11-25-31-27(30)26(29(38)42-19(3)16-20(5-2)18-41-37(39)40)36(25)17-21-12-14-22(15-13-21)23-9-7-8-10-24(23)28-32-34-35-33-28/h5,7-10,12-16H,2-4,6,11,17-18H2,1H3,(H,32,33,34,35)/b20-16+. The zero-order chi connectivity index (χ0) is 30.1. The lowest BCUT2D eigenvalue weighted by molar-refractivity contribution is -0.755. The smallest absolute Gasteiger partial charge is 0.363 e. The number of esters is 1. The van der Waals surface area contributed by atoms with E-state index in [4.69, 9.17) is 16.3 Å². The van der Waals surface area contributed by atoms with Crippen molar-refractivity contribution in [2.75, 3.05) is 6.61 Å². The van der Waals surface area contributed by atoms with Gasteiger partial charge in [-0.2, -0.15) is 5.21 Å². The van der Waals surface area contributed by atoms with Gasteiger partial charge in [0, 0.05) is 18.5 Å². The highest BCUT2D eigenvalue weighted by Crippen LogP contribution is 2.30. The number of aromatic amines is 1. The van der Waals surface area contributed by atoms with Gasteiger partial charge in [0.1, 0.15) is 18.2 Å². The van der Waals surface area contributed by atoms with Crippen molar-refractivity contribution in [2.24, 2.45) is 0 Å². The largest absolute Gasteiger partial charge is 0.422 e. The summed E-state index contributed by atoms with van der Waals surface area (Å²) in [5.41, 5.74) is 4.01. The molecule has 0 atom stereocenters. The number of imidazole rings is 1. The van der Waals surface area contributed by atoms with Crippen LogP contribution in [0, 0.1) is 10.1 Å². The Kier molecular flexibility index (Phi) is 9.95. The highest BCUT2D eigenvalue weighted by atomic mass is 35.5. The SMILES string of the molecule is C=C/C(=C\C(=C)OC(=O)c1c(Cl)nc(CCCC)n1Cc1ccc(-c2ccccc2-c2nn[nH]n2)cc1)CO[N+](=O)[O-]. The van der Waals surface area contributed by atoms with Crippen molar-refractivity contribution in [3.8, 4) is 22.5 Å². The van der Waals surface area contributed by atoms with Gasteiger partial charge in [-0.25, -0.2) is 9.78 Å². The van der Waals surface area contributed by atoms with Crippen LogP contribution in [0.5, 0.6) is 0 Å². The van der Waals surface area contributed by atoms with Gasteiger partial charge in [0.25, 0.3) is 5.09 Å². The van der Waals surface area contributed by atoms with E-state index in [2.05, 4.69) is 50.5 Å². The highest BCUT2D eigenvalue weighted by molar-refractivity contribution is 6.32. The van der Waals surface area contributed by atoms with Gasteiger partial charge in [-0.3, -0.25) is 0 Å². The van der Waals surface area contributed by atoms with E-state index in [1.807, 2.05) is 48.5 Å². The molecule has 0 spiro atoms. The number of rotatable bonds is 14. The molecule has 0 bridgehead atoms. The van der Waals surface area contributed by atoms with E-state index >= 15 is 0 Å². The van der Waals surface area contributed by atoms with E-state index in [0.29, 0.717) is 30.2 Å². The summed E-state index contributed by atoms with van der Waals surface area (Å²) in [6.45, 7) is 9.30. The number of ether oxygens (including phenoxy) is 1. The Balaban J connectivity index is 1.59. The lowest BCUT2D eigenvalue weighted by Gasteiger charge is -2.13. The van der Waals surface area contributed by atoms with Crippen molar-refractivity contribution in [3.05, 3.63) is 118 Å². The minimum atomic E-state index is -0.929. The fourth-order valence-electron chi connectivity index (χ4n) is 4.23. The first-order chi connectivity index (χ1) is 20.3. The average Bonchev–Trinajstić information content (AvgIpc) is 3.62. The average molecular weight is 590 g/mol. The molecule has 0 aliphatic heterocycles. The van der Waals surface area contributed by atoms with Crippen LogP contribution in [0.1, 0.15) is 41.6 Å². The Morgan fingerprint density at radius 1 is 1.19 bits per heavy atom. The molecule has 0 aliphatic carbocycles. The molecule has 2 aromatic heterocycles. The van der Waals surface area contributed by atoms with Crippen LogP contribution in [0.2, 0.25) is 5.15 Å². The van der Waals surface area contributed by atoms with Gasteiger partial charge < -0.3 is 14.1 Å². The van der Waals surface area contributed by atoms with Gasteiger partial charge >= 0.3 is 5.97 Å². The monoisotopic (exact) mass is 589 g/mol. The number of halogens is 1. The zero-order valence-electron chi connectivity index (χ0n) is 22.8. The molecule has 2 heterocycles. The first-order valence-corrected chi connectivity index (χ1v) is 13.4. The predicted molar refractivity (Wildman–Crippen MR) is 156 cm³/mol. The molecular weight excluding hydrogens is 562 g/mol. The Morgan fingerprint density at radius 2 is 1.93 bits per heavy atom. The first-order valence-electron chi connectivity index (χ1n) is 13.0. The summed E-state index contributed by atoms with van der Waals surface area (Å²) in [5, 5.41) is 23.9. The second kappa shape index (κ2) is 14.0. The number of hydrogen-bond acceptors (Lipinski definition) is 9. The van der Waals surface area contributed by atoms with E-state index in [9.17, 15) is 14.9 Å². The van der Waals surface area contributed by atoms with E-state index in [1.165, 1.54) is 12.2 Å². The summed E-state index contributed by atoms with van der Waals surface area (Å²) in [4.78, 5) is 32.6. The lowest BCUT2D eigenvalue weighted by atomic mass is 9.98. The van der Waals surface area contributed by atoms with Crippen LogP contribution >= 0.6 is 11.6 Å². The number of nitrogens with one attached hydrogen (secondary N) is 1. The number of allylic oxidation sites excluding steroid dienone is 1. The summed E-state index contributed by atoms with van der Waals surface area (Å²) >= 11 is 6.45. The van der Waals surface area contributed by atoms with Gasteiger partial charge in [0.15, 0.2) is 10.8 Å². The first kappa shape index (κ1) is 29.9. The van der Waals surface area contributed by atoms with Crippen LogP contribution in [-0.2, 0) is 22.5 Å². The molecule has 0 aliphatic rings. The summed E-state index contributed by atoms with van der Waals surface area (Å²) < 4.78 is 7.17. The predicted octanol–water partition coefficient (Wildman–Crippen LogP) is 5.77. The van der Waals surface area contributed by atoms with Crippen molar-refractivity contribution in [3.63, 3.8) is 0 Å². The summed E-state index contributed by atoms with van der Waals surface area (Å²) in [6, 6.07) is 15.6. The molecule has 0 radical (unpaired) electrons. The number of nitrogens with zero attached hydrogens (tertiary/aromatic N) is 6. The summed E-state index contributed by atoms with van der Waals surface area (Å²) in [7, 11) is 0. The van der Waals surface area contributed by atoms with Crippen molar-refractivity contribution in [1.29, 1.82) is 0 Å². The Hall–Kier alpha value is -5.10. The second-order valence-corrected chi connectivity index (χ2v) is 9.47. The summed E-state index contributed by atoms with van der Waals surface area (Å²) in [6.07, 6.45) is 5.05. The van der Waals surface area contributed by atoms with Gasteiger partial charge in [-0.05, 0) is 40.0 Å². The van der Waals surface area contributed by atoms with Gasteiger partial charge in [-0.1, -0.05) is 92.7 Å². The molecule has 4 rings (SSSR count). The maximum atomic E-state index is 13.3. The maximum Gasteiger partial charge on any atom is 0.363 e. The molecule has 0 unspecified atom stereocenters. The fourth-order valence-corrected chi connectivity index (χ4v) is 4.50. The normalized spacial score (nSPS) is 11.2. The topological polar surface area (TPSA) is 151 Å². The molecule has 0 fully saturated rings. The molecule has 2 aromatic carbocycles. The zero-order valence-corrected chi connectivity index (χ0v) is 23.6. The fraction of sp³-hybridized carbons (Fsp3) is 0.207. The van der Waals surface area contributed by atoms with Crippen molar-refractivity contribution in [1.82, 2.24) is 30.2 Å². The van der Waals surface area contributed by atoms with Crippen LogP contribution in [0.25, 0.3) is 22.5 Å². The van der Waals surface area contributed by atoms with Crippen LogP contribution < -0.4 is 0 Å². The molecule has 42 heavy (non-hydrogen) atoms. The van der Waals surface area contributed by atoms with Crippen molar-refractivity contribution < 1.29 is 19.5 Å². The Morgan fingerprint density at radius 3 is 2.57 bits per heavy atom. The van der Waals surface area contributed by atoms with E-state index < -0.39 is 11.1 Å². The highest BCUT2D eigenvalue weighted by Gasteiger charge is 2.24. The van der Waals surface area contributed by atoms with Crippen LogP contribution in [0.15, 0.2) is 85.2 Å². The number of hydrogen-bond donors (Lipinski definition) is 1. The minimum Gasteiger partial charge on any atom is -0.422 e. The van der Waals surface area contributed by atoms with Crippen molar-refractivity contribution in [2.45, 2.75) is 32.7 Å². The molecule has 12 nitrogen and oxygen atoms in total. The second-order valence-electron chi connectivity index (χ2n) is 9.11. The summed E-state index contributed by atoms with van der Waals surface area (Å²) in [5.74, 6) is 0.312. The van der Waals surface area contributed by atoms with Crippen molar-refractivity contribution >= 4 is 17.6 Å². The number of aromatic nitrogens is 6. The number of aryl methyl sites for hydroxylation is 1. The van der Waals surface area contributed by atoms with Gasteiger partial charge in [-0.15, -0.1) is 20.3 Å². The quantitative estimate of drug-likeness (QED) is 0.0635. The third-order valence-electron chi connectivity index (χ3n) is 6.24. The Bertz CT molecular complexity index is 1610. The molecule has 4 aromatic rings. The van der Waals surface area contributed by atoms with Crippen LogP contribution in [0.3, 0.4) is 0 Å². The number of tetrazole rings is 1.